The second kappa shape index (κ2) is 12.7. The highest BCUT2D eigenvalue weighted by molar-refractivity contribution is 7.93. The van der Waals surface area contributed by atoms with Gasteiger partial charge in [-0.15, -0.1) is 0 Å². The van der Waals surface area contributed by atoms with Crippen molar-refractivity contribution in [1.29, 1.82) is 0 Å². The Bertz CT molecular complexity index is 1740. The number of ether oxygens (including phenoxy) is 2. The summed E-state index contributed by atoms with van der Waals surface area (Å²) >= 11 is 6.58. The van der Waals surface area contributed by atoms with Crippen LogP contribution in [0.25, 0.3) is 0 Å². The molecule has 10 nitrogen and oxygen atoms in total. The molecule has 2 amide bonds. The van der Waals surface area contributed by atoms with Crippen LogP contribution < -0.4 is 13.8 Å². The first kappa shape index (κ1) is 33.5. The lowest BCUT2D eigenvalue weighted by atomic mass is 9.72. The van der Waals surface area contributed by atoms with Gasteiger partial charge in [-0.2, -0.15) is 0 Å². The summed E-state index contributed by atoms with van der Waals surface area (Å²) in [5, 5.41) is 9.44. The summed E-state index contributed by atoms with van der Waals surface area (Å²) < 4.78 is 56.4. The summed E-state index contributed by atoms with van der Waals surface area (Å²) in [5.74, 6) is -0.879. The number of anilines is 1. The summed E-state index contributed by atoms with van der Waals surface area (Å²) in [5.41, 5.74) is -1.93. The Kier molecular flexibility index (Phi) is 9.27. The topological polar surface area (TPSA) is 117 Å². The molecule has 5 rings (SSSR count). The van der Waals surface area contributed by atoms with Crippen LogP contribution in [0.1, 0.15) is 44.7 Å². The van der Waals surface area contributed by atoms with Gasteiger partial charge in [0, 0.05) is 37.8 Å². The van der Waals surface area contributed by atoms with E-state index in [1.165, 1.54) is 66.6 Å². The Hall–Kier alpha value is -3.87. The Labute approximate surface area is 273 Å². The maximum absolute atomic E-state index is 15.8. The number of carboxylic acid groups (broad SMARTS) is 1. The first-order valence-electron chi connectivity index (χ1n) is 14.9. The number of rotatable bonds is 9. The molecule has 2 aliphatic heterocycles. The summed E-state index contributed by atoms with van der Waals surface area (Å²) in [6, 6.07) is 14.5. The molecule has 0 bridgehead atoms. The van der Waals surface area contributed by atoms with Crippen LogP contribution in [0.4, 0.5) is 14.9 Å². The predicted octanol–water partition coefficient (Wildman–Crippen LogP) is 5.76. The van der Waals surface area contributed by atoms with Crippen LogP contribution in [-0.2, 0) is 20.2 Å². The second-order valence-corrected chi connectivity index (χ2v) is 14.6. The third-order valence-corrected chi connectivity index (χ3v) is 10.3. The van der Waals surface area contributed by atoms with Crippen LogP contribution >= 0.6 is 11.6 Å². The first-order valence-corrected chi connectivity index (χ1v) is 16.7. The molecular formula is C33H37ClFN3O7S. The zero-order valence-electron chi connectivity index (χ0n) is 26.1. The lowest BCUT2D eigenvalue weighted by Crippen LogP contribution is -2.49. The number of halogens is 2. The Balaban J connectivity index is 1.59. The highest BCUT2D eigenvalue weighted by Crippen LogP contribution is 2.53. The van der Waals surface area contributed by atoms with E-state index in [1.807, 2.05) is 20.8 Å². The Morgan fingerprint density at radius 3 is 2.26 bits per heavy atom. The molecule has 13 heteroatoms. The quantitative estimate of drug-likeness (QED) is 0.305. The monoisotopic (exact) mass is 673 g/mol. The molecule has 0 saturated carbocycles. The molecule has 0 aliphatic carbocycles. The molecule has 0 spiro atoms. The van der Waals surface area contributed by atoms with Crippen molar-refractivity contribution in [2.75, 3.05) is 44.1 Å². The van der Waals surface area contributed by atoms with Crippen LogP contribution in [0.5, 0.6) is 11.5 Å². The summed E-state index contributed by atoms with van der Waals surface area (Å²) in [6.07, 6.45) is -0.536. The van der Waals surface area contributed by atoms with Gasteiger partial charge >= 0.3 is 6.09 Å². The van der Waals surface area contributed by atoms with E-state index in [4.69, 9.17) is 21.1 Å². The molecule has 2 aliphatic rings. The number of fused-ring (bicyclic) bond motifs is 1. The van der Waals surface area contributed by atoms with Gasteiger partial charge in [0.15, 0.2) is 0 Å². The van der Waals surface area contributed by atoms with Gasteiger partial charge in [-0.1, -0.05) is 29.8 Å². The van der Waals surface area contributed by atoms with E-state index >= 15 is 4.39 Å². The van der Waals surface area contributed by atoms with Gasteiger partial charge in [0.05, 0.1) is 22.7 Å². The number of amides is 2. The molecule has 3 aromatic carbocycles. The third-order valence-electron chi connectivity index (χ3n) is 8.29. The Morgan fingerprint density at radius 2 is 1.67 bits per heavy atom. The van der Waals surface area contributed by atoms with Crippen LogP contribution in [0.15, 0.2) is 65.6 Å². The minimum absolute atomic E-state index is 0.0274. The fourth-order valence-electron chi connectivity index (χ4n) is 6.16. The first-order chi connectivity index (χ1) is 21.7. The van der Waals surface area contributed by atoms with Crippen molar-refractivity contribution in [3.05, 3.63) is 82.6 Å². The maximum Gasteiger partial charge on any atom is 0.407 e. The van der Waals surface area contributed by atoms with Gasteiger partial charge in [0.25, 0.3) is 15.9 Å². The molecule has 1 fully saturated rings. The average molecular weight is 674 g/mol. The highest BCUT2D eigenvalue weighted by atomic mass is 35.5. The number of piperazine rings is 1. The van der Waals surface area contributed by atoms with Gasteiger partial charge in [-0.3, -0.25) is 9.69 Å². The predicted molar refractivity (Wildman–Crippen MR) is 172 cm³/mol. The smallest absolute Gasteiger partial charge is 0.407 e. The molecule has 1 unspecified atom stereocenters. The summed E-state index contributed by atoms with van der Waals surface area (Å²) in [7, 11) is -3.14. The lowest BCUT2D eigenvalue weighted by Gasteiger charge is -2.34. The van der Waals surface area contributed by atoms with Crippen molar-refractivity contribution in [2.45, 2.75) is 49.5 Å². The number of benzene rings is 3. The zero-order valence-corrected chi connectivity index (χ0v) is 27.7. The van der Waals surface area contributed by atoms with Crippen molar-refractivity contribution in [2.24, 2.45) is 0 Å². The van der Waals surface area contributed by atoms with Crippen LogP contribution in [0.3, 0.4) is 0 Å². The normalized spacial score (nSPS) is 18.9. The van der Waals surface area contributed by atoms with Crippen molar-refractivity contribution >= 4 is 39.3 Å². The molecule has 1 atom stereocenters. The molecule has 0 aromatic heterocycles. The maximum atomic E-state index is 15.8. The molecule has 1 saturated heterocycles. The molecular weight excluding hydrogens is 637 g/mol. The van der Waals surface area contributed by atoms with E-state index in [0.29, 0.717) is 44.9 Å². The number of hydrogen-bond acceptors (Lipinski definition) is 7. The molecule has 46 heavy (non-hydrogen) atoms. The van der Waals surface area contributed by atoms with Crippen molar-refractivity contribution in [3.8, 4) is 11.5 Å². The number of methoxy groups -OCH3 is 1. The zero-order chi connectivity index (χ0) is 33.4. The van der Waals surface area contributed by atoms with Crippen LogP contribution in [-0.4, -0.2) is 80.8 Å². The number of nitrogens with zero attached hydrogens (tertiary/aromatic N) is 3. The molecule has 0 radical (unpaired) electrons. The number of carbonyl (C=O) groups excluding carboxylic acids is 1. The number of sulfonamides is 1. The van der Waals surface area contributed by atoms with E-state index in [9.17, 15) is 23.1 Å². The van der Waals surface area contributed by atoms with Crippen molar-refractivity contribution in [3.63, 3.8) is 0 Å². The third kappa shape index (κ3) is 6.25. The standard InChI is InChI=1S/C33H37ClFN3O7S/c1-32(2,3)45-22-10-12-23(13-11-22)46(42,43)38-28-21-29(44-4)26(34)20-25(28)33(30(38)39,24-8-5-6-9-27(24)35)14-7-15-36-16-18-37(19-17-36)31(40)41/h5-6,8-13,20-21H,7,14-19H2,1-4H3,(H,40,41). The Morgan fingerprint density at radius 1 is 1.02 bits per heavy atom. The van der Waals surface area contributed by atoms with E-state index in [1.54, 1.807) is 6.07 Å². The minimum atomic E-state index is -4.52. The van der Waals surface area contributed by atoms with E-state index in [0.717, 1.165) is 4.31 Å². The molecule has 246 valence electrons. The SMILES string of the molecule is COc1cc2c(cc1Cl)C(CCCN1CCN(C(=O)O)CC1)(c1ccccc1F)C(=O)N2S(=O)(=O)c1ccc(OC(C)(C)C)cc1. The summed E-state index contributed by atoms with van der Waals surface area (Å²) in [4.78, 5) is 29.4. The average Bonchev–Trinajstić information content (AvgIpc) is 3.24. The number of carbonyl (C=O) groups is 2. The molecule has 2 heterocycles. The fraction of sp³-hybridized carbons (Fsp3) is 0.394. The molecule has 3 aromatic rings. The number of hydrogen-bond donors (Lipinski definition) is 1. The minimum Gasteiger partial charge on any atom is -0.495 e. The van der Waals surface area contributed by atoms with Crippen molar-refractivity contribution in [1.82, 2.24) is 9.80 Å². The largest absolute Gasteiger partial charge is 0.495 e. The summed E-state index contributed by atoms with van der Waals surface area (Å²) in [6.45, 7) is 7.78. The van der Waals surface area contributed by atoms with E-state index in [2.05, 4.69) is 4.90 Å². The van der Waals surface area contributed by atoms with Crippen LogP contribution in [0.2, 0.25) is 5.02 Å². The van der Waals surface area contributed by atoms with Gasteiger partial charge in [-0.25, -0.2) is 21.9 Å². The van der Waals surface area contributed by atoms with Gasteiger partial charge in [0.2, 0.25) is 0 Å². The van der Waals surface area contributed by atoms with E-state index < -0.39 is 38.9 Å². The molecule has 1 N–H and O–H groups in total. The van der Waals surface area contributed by atoms with Gasteiger partial charge in [0.1, 0.15) is 28.3 Å². The highest BCUT2D eigenvalue weighted by Gasteiger charge is 2.57. The second-order valence-electron chi connectivity index (χ2n) is 12.4. The van der Waals surface area contributed by atoms with Crippen molar-refractivity contribution < 1.29 is 37.0 Å². The van der Waals surface area contributed by atoms with Crippen LogP contribution in [0, 0.1) is 5.82 Å². The van der Waals surface area contributed by atoms with Gasteiger partial charge < -0.3 is 19.5 Å². The van der Waals surface area contributed by atoms with E-state index in [-0.39, 0.29) is 38.9 Å². The lowest BCUT2D eigenvalue weighted by molar-refractivity contribution is -0.121. The van der Waals surface area contributed by atoms with Gasteiger partial charge in [-0.05, 0) is 82.1 Å². The fourth-order valence-corrected chi connectivity index (χ4v) is 7.87.